The van der Waals surface area contributed by atoms with Gasteiger partial charge in [-0.15, -0.1) is 0 Å². The highest BCUT2D eigenvalue weighted by atomic mass is 16.2. The van der Waals surface area contributed by atoms with Gasteiger partial charge in [-0.1, -0.05) is 61.4 Å². The summed E-state index contributed by atoms with van der Waals surface area (Å²) < 4.78 is 0. The molecule has 0 unspecified atom stereocenters. The smallest absolute Gasteiger partial charge is 0.323 e. The number of benzene rings is 2. The van der Waals surface area contributed by atoms with Crippen LogP contribution in [0.15, 0.2) is 60.7 Å². The van der Waals surface area contributed by atoms with Crippen LogP contribution in [0.2, 0.25) is 0 Å². The predicted molar refractivity (Wildman–Crippen MR) is 118 cm³/mol. The van der Waals surface area contributed by atoms with Crippen LogP contribution < -0.4 is 15.8 Å². The normalized spacial score (nSPS) is 17.1. The first-order chi connectivity index (χ1) is 15.1. The van der Waals surface area contributed by atoms with Crippen molar-refractivity contribution in [2.75, 3.05) is 11.6 Å². The first kappa shape index (κ1) is 20.9. The second-order valence-electron chi connectivity index (χ2n) is 8.22. The zero-order valence-electron chi connectivity index (χ0n) is 17.5. The van der Waals surface area contributed by atoms with Crippen LogP contribution in [0.3, 0.4) is 0 Å². The molecule has 7 nitrogen and oxygen atoms in total. The Labute approximate surface area is 182 Å². The van der Waals surface area contributed by atoms with Crippen molar-refractivity contribution in [3.8, 4) is 0 Å². The van der Waals surface area contributed by atoms with Crippen LogP contribution >= 0.6 is 0 Å². The number of amides is 4. The molecule has 1 aliphatic heterocycles. The van der Waals surface area contributed by atoms with Crippen LogP contribution in [0.5, 0.6) is 0 Å². The highest BCUT2D eigenvalue weighted by molar-refractivity contribution is 6.07. The molecule has 0 radical (unpaired) electrons. The van der Waals surface area contributed by atoms with Gasteiger partial charge in [0.05, 0.1) is 12.2 Å². The average Bonchev–Trinajstić information content (AvgIpc) is 3.35. The predicted octanol–water partition coefficient (Wildman–Crippen LogP) is 3.37. The Morgan fingerprint density at radius 2 is 1.65 bits per heavy atom. The molecule has 1 saturated carbocycles. The van der Waals surface area contributed by atoms with Gasteiger partial charge in [0.15, 0.2) is 0 Å². The number of hydrazine groups is 1. The molecule has 7 heteroatoms. The number of para-hydroxylation sites is 1. The van der Waals surface area contributed by atoms with Gasteiger partial charge in [-0.05, 0) is 37.0 Å². The van der Waals surface area contributed by atoms with E-state index in [1.165, 1.54) is 4.90 Å². The molecule has 2 aromatic rings. The largest absolute Gasteiger partial charge is 0.325 e. The summed E-state index contributed by atoms with van der Waals surface area (Å²) in [5.41, 5.74) is 4.24. The van der Waals surface area contributed by atoms with Crippen molar-refractivity contribution in [3.05, 3.63) is 66.2 Å². The number of imide groups is 1. The highest BCUT2D eigenvalue weighted by Gasteiger charge is 2.52. The minimum atomic E-state index is -0.695. The maximum atomic E-state index is 12.7. The van der Waals surface area contributed by atoms with Crippen LogP contribution in [0.4, 0.5) is 10.5 Å². The van der Waals surface area contributed by atoms with E-state index in [4.69, 9.17) is 0 Å². The molecule has 1 aliphatic carbocycles. The number of nitrogens with one attached hydrogen (secondary N) is 2. The molecule has 162 valence electrons. The van der Waals surface area contributed by atoms with Crippen molar-refractivity contribution in [3.63, 3.8) is 0 Å². The summed E-state index contributed by atoms with van der Waals surface area (Å²) in [5.74, 6) is -0.284. The van der Waals surface area contributed by atoms with Crippen molar-refractivity contribution in [2.45, 2.75) is 50.6 Å². The maximum absolute atomic E-state index is 12.7. The highest BCUT2D eigenvalue weighted by Crippen LogP contribution is 2.35. The molecular weight excluding hydrogens is 392 g/mol. The third kappa shape index (κ3) is 4.71. The molecule has 1 spiro atoms. The third-order valence-electron chi connectivity index (χ3n) is 6.00. The van der Waals surface area contributed by atoms with Crippen molar-refractivity contribution in [1.82, 2.24) is 15.6 Å². The molecule has 0 aromatic heterocycles. The molecule has 1 saturated heterocycles. The molecule has 31 heavy (non-hydrogen) atoms. The van der Waals surface area contributed by atoms with Crippen molar-refractivity contribution in [2.24, 2.45) is 0 Å². The third-order valence-corrected chi connectivity index (χ3v) is 6.00. The topological polar surface area (TPSA) is 81.8 Å². The van der Waals surface area contributed by atoms with Gasteiger partial charge >= 0.3 is 6.03 Å². The van der Waals surface area contributed by atoms with Crippen LogP contribution in [-0.2, 0) is 16.1 Å². The van der Waals surface area contributed by atoms with Gasteiger partial charge in [0.1, 0.15) is 5.54 Å². The molecule has 2 N–H and O–H groups in total. The number of rotatable bonds is 8. The fourth-order valence-corrected chi connectivity index (χ4v) is 4.37. The van der Waals surface area contributed by atoms with Crippen LogP contribution in [0, 0.1) is 0 Å². The Hall–Kier alpha value is -3.35. The lowest BCUT2D eigenvalue weighted by atomic mass is 9.98. The van der Waals surface area contributed by atoms with E-state index >= 15 is 0 Å². The van der Waals surface area contributed by atoms with Crippen LogP contribution in [-0.4, -0.2) is 34.8 Å². The lowest BCUT2D eigenvalue weighted by Crippen LogP contribution is -2.44. The molecule has 0 bridgehead atoms. The van der Waals surface area contributed by atoms with E-state index in [2.05, 4.69) is 10.7 Å². The van der Waals surface area contributed by atoms with Crippen LogP contribution in [0.1, 0.15) is 44.1 Å². The van der Waals surface area contributed by atoms with Gasteiger partial charge in [0.25, 0.3) is 5.91 Å². The second-order valence-corrected chi connectivity index (χ2v) is 8.22. The van der Waals surface area contributed by atoms with Gasteiger partial charge in [-0.3, -0.25) is 24.9 Å². The Morgan fingerprint density at radius 1 is 1.00 bits per heavy atom. The quantitative estimate of drug-likeness (QED) is 0.507. The zero-order chi connectivity index (χ0) is 21.7. The monoisotopic (exact) mass is 420 g/mol. The standard InChI is InChI=1S/C24H28N4O3/c29-21(14-9-17-27-22(30)24(25-23(27)31)15-7-8-16-24)26-28(20-12-5-2-6-13-20)18-19-10-3-1-4-11-19/h1-6,10-13H,7-9,14-18H2,(H,25,31)(H,26,29). The minimum Gasteiger partial charge on any atom is -0.323 e. The van der Waals surface area contributed by atoms with Crippen molar-refractivity contribution >= 4 is 23.5 Å². The molecule has 4 rings (SSSR count). The number of hydrogen-bond acceptors (Lipinski definition) is 4. The Kier molecular flexibility index (Phi) is 6.21. The lowest BCUT2D eigenvalue weighted by Gasteiger charge is -2.26. The first-order valence-corrected chi connectivity index (χ1v) is 10.9. The molecule has 2 fully saturated rings. The maximum Gasteiger partial charge on any atom is 0.325 e. The molecule has 1 heterocycles. The fraction of sp³-hybridized carbons (Fsp3) is 0.375. The number of hydrogen-bond donors (Lipinski definition) is 2. The summed E-state index contributed by atoms with van der Waals surface area (Å²) in [7, 11) is 0. The summed E-state index contributed by atoms with van der Waals surface area (Å²) in [6.45, 7) is 0.788. The van der Waals surface area contributed by atoms with E-state index in [0.717, 1.165) is 24.1 Å². The number of carbonyl (C=O) groups excluding carboxylic acids is 3. The summed E-state index contributed by atoms with van der Waals surface area (Å²) >= 11 is 0. The SMILES string of the molecule is O=C(CCCN1C(=O)NC2(CCCC2)C1=O)NN(Cc1ccccc1)c1ccccc1. The van der Waals surface area contributed by atoms with E-state index in [1.54, 1.807) is 0 Å². The van der Waals surface area contributed by atoms with Gasteiger partial charge in [-0.2, -0.15) is 0 Å². The van der Waals surface area contributed by atoms with E-state index in [1.807, 2.05) is 65.7 Å². The number of carbonyl (C=O) groups is 3. The molecule has 4 amide bonds. The number of urea groups is 1. The zero-order valence-corrected chi connectivity index (χ0v) is 17.5. The molecule has 2 aliphatic rings. The van der Waals surface area contributed by atoms with Crippen molar-refractivity contribution < 1.29 is 14.4 Å². The minimum absolute atomic E-state index is 0.134. The lowest BCUT2D eigenvalue weighted by molar-refractivity contribution is -0.131. The fourth-order valence-electron chi connectivity index (χ4n) is 4.37. The Bertz CT molecular complexity index is 926. The van der Waals surface area contributed by atoms with Gasteiger partial charge in [-0.25, -0.2) is 4.79 Å². The average molecular weight is 421 g/mol. The molecule has 0 atom stereocenters. The van der Waals surface area contributed by atoms with Gasteiger partial charge in [0.2, 0.25) is 5.91 Å². The summed E-state index contributed by atoms with van der Waals surface area (Å²) in [6.07, 6.45) is 3.98. The number of nitrogens with zero attached hydrogens (tertiary/aromatic N) is 2. The van der Waals surface area contributed by atoms with E-state index in [-0.39, 0.29) is 30.8 Å². The van der Waals surface area contributed by atoms with Gasteiger partial charge < -0.3 is 5.32 Å². The molecule has 2 aromatic carbocycles. The summed E-state index contributed by atoms with van der Waals surface area (Å²) in [4.78, 5) is 38.9. The van der Waals surface area contributed by atoms with E-state index in [9.17, 15) is 14.4 Å². The van der Waals surface area contributed by atoms with E-state index in [0.29, 0.717) is 25.8 Å². The Morgan fingerprint density at radius 3 is 2.32 bits per heavy atom. The van der Waals surface area contributed by atoms with Crippen molar-refractivity contribution in [1.29, 1.82) is 0 Å². The first-order valence-electron chi connectivity index (χ1n) is 10.9. The second kappa shape index (κ2) is 9.20. The summed E-state index contributed by atoms with van der Waals surface area (Å²) in [6, 6.07) is 19.3. The Balaban J connectivity index is 1.33. The molecular formula is C24H28N4O3. The number of anilines is 1. The van der Waals surface area contributed by atoms with Gasteiger partial charge in [0, 0.05) is 13.0 Å². The van der Waals surface area contributed by atoms with E-state index < -0.39 is 5.54 Å². The summed E-state index contributed by atoms with van der Waals surface area (Å²) in [5, 5.41) is 4.70. The van der Waals surface area contributed by atoms with Crippen LogP contribution in [0.25, 0.3) is 0 Å².